The number of aryl methyl sites for hydroxylation is 1. The van der Waals surface area contributed by atoms with Gasteiger partial charge in [-0.05, 0) is 38.5 Å². The van der Waals surface area contributed by atoms with Gasteiger partial charge in [-0.1, -0.05) is 37.6 Å². The molecule has 0 aliphatic carbocycles. The molecule has 2 heterocycles. The minimum Gasteiger partial charge on any atom is -0.488 e. The standard InChI is InChI=1S/C23H28ClN3O4/c1-7-30-23(29)18-19(31-14(4)5)17-21(26(18)6)25-20(13(2)3)27(22(17)28)12-15-9-8-10-16(24)11-15/h8-11,13-14H,7,12H2,1-6H3. The largest absolute Gasteiger partial charge is 0.488 e. The Morgan fingerprint density at radius 3 is 2.52 bits per heavy atom. The van der Waals surface area contributed by atoms with Crippen molar-refractivity contribution in [2.24, 2.45) is 7.05 Å². The second kappa shape index (κ2) is 9.14. The van der Waals surface area contributed by atoms with Crippen LogP contribution in [0.2, 0.25) is 5.02 Å². The lowest BCUT2D eigenvalue weighted by Crippen LogP contribution is -2.27. The smallest absolute Gasteiger partial charge is 0.358 e. The first-order valence-corrected chi connectivity index (χ1v) is 10.7. The highest BCUT2D eigenvalue weighted by molar-refractivity contribution is 6.30. The topological polar surface area (TPSA) is 75.3 Å². The number of esters is 1. The maximum absolute atomic E-state index is 13.7. The molecule has 3 aromatic rings. The van der Waals surface area contributed by atoms with Crippen LogP contribution < -0.4 is 10.3 Å². The average Bonchev–Trinajstić information content (AvgIpc) is 2.95. The summed E-state index contributed by atoms with van der Waals surface area (Å²) in [5, 5.41) is 0.865. The van der Waals surface area contributed by atoms with Crippen LogP contribution in [0, 0.1) is 0 Å². The van der Waals surface area contributed by atoms with Gasteiger partial charge in [0.05, 0.1) is 19.3 Å². The summed E-state index contributed by atoms with van der Waals surface area (Å²) in [6, 6.07) is 7.37. The molecule has 1 aromatic carbocycles. The zero-order chi connectivity index (χ0) is 22.9. The Balaban J connectivity index is 2.34. The van der Waals surface area contributed by atoms with E-state index in [1.807, 2.05) is 45.9 Å². The second-order valence-electron chi connectivity index (χ2n) is 7.97. The van der Waals surface area contributed by atoms with Crippen molar-refractivity contribution in [3.63, 3.8) is 0 Å². The number of benzene rings is 1. The minimum atomic E-state index is -0.550. The molecule has 166 valence electrons. The average molecular weight is 446 g/mol. The molecule has 0 fully saturated rings. The van der Waals surface area contributed by atoms with Gasteiger partial charge in [-0.25, -0.2) is 9.78 Å². The highest BCUT2D eigenvalue weighted by Gasteiger charge is 2.29. The maximum atomic E-state index is 13.7. The van der Waals surface area contributed by atoms with E-state index in [-0.39, 0.29) is 41.0 Å². The minimum absolute atomic E-state index is 0.0216. The molecule has 0 atom stereocenters. The second-order valence-corrected chi connectivity index (χ2v) is 8.40. The molecule has 0 amide bonds. The third kappa shape index (κ3) is 4.46. The number of hydrogen-bond acceptors (Lipinski definition) is 5. The van der Waals surface area contributed by atoms with Crippen molar-refractivity contribution < 1.29 is 14.3 Å². The summed E-state index contributed by atoms with van der Waals surface area (Å²) in [7, 11) is 1.69. The van der Waals surface area contributed by atoms with Crippen LogP contribution in [0.4, 0.5) is 0 Å². The Bertz CT molecular complexity index is 1180. The van der Waals surface area contributed by atoms with E-state index in [2.05, 4.69) is 0 Å². The first-order chi connectivity index (χ1) is 14.6. The van der Waals surface area contributed by atoms with Crippen LogP contribution >= 0.6 is 11.6 Å². The zero-order valence-electron chi connectivity index (χ0n) is 18.7. The van der Waals surface area contributed by atoms with Crippen LogP contribution in [0.3, 0.4) is 0 Å². The van der Waals surface area contributed by atoms with Gasteiger partial charge in [0.1, 0.15) is 11.2 Å². The monoisotopic (exact) mass is 445 g/mol. The lowest BCUT2D eigenvalue weighted by Gasteiger charge is -2.16. The Labute approximate surface area is 186 Å². The van der Waals surface area contributed by atoms with Gasteiger partial charge in [0, 0.05) is 18.0 Å². The summed E-state index contributed by atoms with van der Waals surface area (Å²) in [6.07, 6.45) is -0.246. The molecule has 0 bridgehead atoms. The third-order valence-corrected chi connectivity index (χ3v) is 5.08. The van der Waals surface area contributed by atoms with Gasteiger partial charge in [-0.3, -0.25) is 9.36 Å². The number of carbonyl (C=O) groups excluding carboxylic acids is 1. The number of ether oxygens (including phenoxy) is 2. The van der Waals surface area contributed by atoms with Gasteiger partial charge in [-0.2, -0.15) is 0 Å². The first-order valence-electron chi connectivity index (χ1n) is 10.4. The predicted molar refractivity (Wildman–Crippen MR) is 121 cm³/mol. The van der Waals surface area contributed by atoms with E-state index in [9.17, 15) is 9.59 Å². The van der Waals surface area contributed by atoms with E-state index in [0.29, 0.717) is 23.0 Å². The van der Waals surface area contributed by atoms with E-state index in [4.69, 9.17) is 26.1 Å². The quantitative estimate of drug-likeness (QED) is 0.499. The fourth-order valence-corrected chi connectivity index (χ4v) is 3.78. The Hall–Kier alpha value is -2.80. The molecule has 31 heavy (non-hydrogen) atoms. The normalized spacial score (nSPS) is 11.5. The van der Waals surface area contributed by atoms with Gasteiger partial charge in [0.25, 0.3) is 5.56 Å². The van der Waals surface area contributed by atoms with Crippen LogP contribution in [0.15, 0.2) is 29.1 Å². The molecule has 7 nitrogen and oxygen atoms in total. The fourth-order valence-electron chi connectivity index (χ4n) is 3.57. The summed E-state index contributed by atoms with van der Waals surface area (Å²) < 4.78 is 14.4. The molecule has 0 aliphatic heterocycles. The summed E-state index contributed by atoms with van der Waals surface area (Å²) in [4.78, 5) is 31.2. The van der Waals surface area contributed by atoms with Crippen molar-refractivity contribution in [1.29, 1.82) is 0 Å². The molecule has 8 heteroatoms. The van der Waals surface area contributed by atoms with Gasteiger partial charge < -0.3 is 14.0 Å². The van der Waals surface area contributed by atoms with E-state index in [0.717, 1.165) is 5.56 Å². The first kappa shape index (κ1) is 22.9. The molecule has 0 unspecified atom stereocenters. The van der Waals surface area contributed by atoms with Crippen molar-refractivity contribution in [1.82, 2.24) is 14.1 Å². The van der Waals surface area contributed by atoms with Crippen LogP contribution in [0.5, 0.6) is 5.75 Å². The molecule has 0 saturated carbocycles. The zero-order valence-corrected chi connectivity index (χ0v) is 19.5. The summed E-state index contributed by atoms with van der Waals surface area (Å²) in [6.45, 7) is 9.89. The molecule has 2 aromatic heterocycles. The number of halogens is 1. The van der Waals surface area contributed by atoms with E-state index >= 15 is 0 Å². The molecule has 0 N–H and O–H groups in total. The van der Waals surface area contributed by atoms with E-state index in [1.54, 1.807) is 29.2 Å². The third-order valence-electron chi connectivity index (χ3n) is 4.84. The number of rotatable bonds is 7. The maximum Gasteiger partial charge on any atom is 0.358 e. The number of carbonyl (C=O) groups is 1. The van der Waals surface area contributed by atoms with Crippen LogP contribution in [-0.2, 0) is 18.3 Å². The Morgan fingerprint density at radius 2 is 1.94 bits per heavy atom. The van der Waals surface area contributed by atoms with Crippen LogP contribution in [0.25, 0.3) is 11.0 Å². The van der Waals surface area contributed by atoms with Crippen molar-refractivity contribution in [3.05, 3.63) is 56.7 Å². The SMILES string of the molecule is CCOC(=O)c1c(OC(C)C)c2c(=O)n(Cc3cccc(Cl)c3)c(C(C)C)nc2n1C. The van der Waals surface area contributed by atoms with Crippen LogP contribution in [-0.4, -0.2) is 32.8 Å². The summed E-state index contributed by atoms with van der Waals surface area (Å²) in [5.41, 5.74) is 1.20. The molecule has 0 saturated heterocycles. The fraction of sp³-hybridized carbons (Fsp3) is 0.435. The molecular formula is C23H28ClN3O4. The van der Waals surface area contributed by atoms with Crippen molar-refractivity contribution in [2.45, 2.75) is 53.2 Å². The van der Waals surface area contributed by atoms with Crippen molar-refractivity contribution in [3.8, 4) is 5.75 Å². The highest BCUT2D eigenvalue weighted by Crippen LogP contribution is 2.32. The van der Waals surface area contributed by atoms with Gasteiger partial charge in [-0.15, -0.1) is 0 Å². The summed E-state index contributed by atoms with van der Waals surface area (Å²) >= 11 is 6.14. The molecule has 0 spiro atoms. The number of aromatic nitrogens is 3. The number of nitrogens with zero attached hydrogens (tertiary/aromatic N) is 3. The summed E-state index contributed by atoms with van der Waals surface area (Å²) in [5.74, 6) is 0.250. The molecular weight excluding hydrogens is 418 g/mol. The lowest BCUT2D eigenvalue weighted by molar-refractivity contribution is 0.0509. The Morgan fingerprint density at radius 1 is 1.23 bits per heavy atom. The number of fused-ring (bicyclic) bond motifs is 1. The lowest BCUT2D eigenvalue weighted by atomic mass is 10.1. The van der Waals surface area contributed by atoms with Crippen LogP contribution in [0.1, 0.15) is 62.4 Å². The molecule has 0 radical (unpaired) electrons. The molecule has 3 rings (SSSR count). The highest BCUT2D eigenvalue weighted by atomic mass is 35.5. The van der Waals surface area contributed by atoms with Gasteiger partial charge in [0.15, 0.2) is 17.1 Å². The van der Waals surface area contributed by atoms with E-state index < -0.39 is 5.97 Å². The molecule has 0 aliphatic rings. The van der Waals surface area contributed by atoms with E-state index in [1.165, 1.54) is 0 Å². The van der Waals surface area contributed by atoms with Gasteiger partial charge >= 0.3 is 5.97 Å². The Kier molecular flexibility index (Phi) is 6.74. The van der Waals surface area contributed by atoms with Gasteiger partial charge in [0.2, 0.25) is 0 Å². The predicted octanol–water partition coefficient (Wildman–Crippen LogP) is 4.52. The van der Waals surface area contributed by atoms with Crippen molar-refractivity contribution >= 4 is 28.6 Å². The number of hydrogen-bond donors (Lipinski definition) is 0. The van der Waals surface area contributed by atoms with Crippen molar-refractivity contribution in [2.75, 3.05) is 6.61 Å².